The van der Waals surface area contributed by atoms with Crippen LogP contribution in [0.1, 0.15) is 70.2 Å². The van der Waals surface area contributed by atoms with Crippen molar-refractivity contribution in [2.75, 3.05) is 21.3 Å². The van der Waals surface area contributed by atoms with E-state index in [9.17, 15) is 32.3 Å². The molecule has 0 saturated carbocycles. The van der Waals surface area contributed by atoms with Crippen LogP contribution in [0.3, 0.4) is 0 Å². The number of alkyl halides is 3. The van der Waals surface area contributed by atoms with Crippen LogP contribution in [0.4, 0.5) is 35.9 Å². The molecular weight excluding hydrogens is 1260 g/mol. The van der Waals surface area contributed by atoms with Crippen LogP contribution in [0.15, 0.2) is 220 Å². The Labute approximate surface area is 561 Å². The fraction of sp³-hybridized carbons (Fsp3) is 0.0526. The molecule has 2 aliphatic rings. The Kier molecular flexibility index (Phi) is 15.7. The third-order valence-electron chi connectivity index (χ3n) is 17.2. The lowest BCUT2D eigenvalue weighted by atomic mass is 10.0. The number of fused-ring (bicyclic) bond motifs is 8. The average Bonchev–Trinajstić information content (AvgIpc) is 1.62. The fourth-order valence-electron chi connectivity index (χ4n) is 12.4. The van der Waals surface area contributed by atoms with Crippen LogP contribution in [0, 0.1) is 0 Å². The summed E-state index contributed by atoms with van der Waals surface area (Å²) in [6.45, 7) is 0. The summed E-state index contributed by atoms with van der Waals surface area (Å²) < 4.78 is 47.4. The molecule has 23 heteroatoms. The molecule has 0 spiro atoms. The topological polar surface area (TPSA) is 245 Å². The summed E-state index contributed by atoms with van der Waals surface area (Å²) in [5, 5.41) is 12.6. The largest absolute Gasteiger partial charge is 0.416 e. The first-order valence-electron chi connectivity index (χ1n) is 31.1. The van der Waals surface area contributed by atoms with Crippen molar-refractivity contribution in [1.29, 1.82) is 0 Å². The molecule has 0 atom stereocenters. The number of aromatic amines is 2. The van der Waals surface area contributed by atoms with Gasteiger partial charge in [-0.1, -0.05) is 91.0 Å². The lowest BCUT2D eigenvalue weighted by Crippen LogP contribution is -2.16. The van der Waals surface area contributed by atoms with Gasteiger partial charge in [0.15, 0.2) is 0 Å². The van der Waals surface area contributed by atoms with E-state index < -0.39 is 35.4 Å². The van der Waals surface area contributed by atoms with Gasteiger partial charge in [-0.05, 0) is 103 Å². The summed E-state index contributed by atoms with van der Waals surface area (Å²) in [5.74, 6) is -1.67. The van der Waals surface area contributed by atoms with Crippen molar-refractivity contribution in [2.24, 2.45) is 21.1 Å². The highest BCUT2D eigenvalue weighted by Crippen LogP contribution is 2.44. The molecule has 0 unspecified atom stereocenters. The molecule has 0 radical (unpaired) electrons. The molecule has 6 N–H and O–H groups in total. The minimum absolute atomic E-state index is 0.264. The summed E-state index contributed by atoms with van der Waals surface area (Å²) in [5.41, 5.74) is 12.7. The Morgan fingerprint density at radius 3 is 1.10 bits per heavy atom. The highest BCUT2D eigenvalue weighted by molar-refractivity contribution is 6.12. The predicted octanol–water partition coefficient (Wildman–Crippen LogP) is 15.4. The second-order valence-electron chi connectivity index (χ2n) is 23.4. The van der Waals surface area contributed by atoms with Crippen molar-refractivity contribution in [3.63, 3.8) is 0 Å². The van der Waals surface area contributed by atoms with Crippen LogP contribution in [0.25, 0.3) is 108 Å². The van der Waals surface area contributed by atoms with Crippen LogP contribution >= 0.6 is 0 Å². The molecular formula is C76H55F3N16O4. The molecule has 20 nitrogen and oxygen atoms in total. The summed E-state index contributed by atoms with van der Waals surface area (Å²) in [7, 11) is 5.22. The lowest BCUT2D eigenvalue weighted by Gasteiger charge is -2.14. The van der Waals surface area contributed by atoms with Gasteiger partial charge in [0.05, 0.1) is 84.1 Å². The van der Waals surface area contributed by atoms with Gasteiger partial charge in [0.25, 0.3) is 23.6 Å². The van der Waals surface area contributed by atoms with Gasteiger partial charge in [-0.15, -0.1) is 0 Å². The van der Waals surface area contributed by atoms with Gasteiger partial charge < -0.3 is 44.9 Å². The van der Waals surface area contributed by atoms with Crippen LogP contribution in [0.2, 0.25) is 0 Å². The number of nitrogens with zero attached hydrogens (tertiary/aromatic N) is 10. The van der Waals surface area contributed by atoms with E-state index in [4.69, 9.17) is 9.97 Å². The zero-order valence-corrected chi connectivity index (χ0v) is 52.8. The number of imidazole rings is 4. The number of hydrogen-bond acceptors (Lipinski definition) is 10. The number of amides is 4. The maximum atomic E-state index is 14.9. The zero-order chi connectivity index (χ0) is 68.1. The second-order valence-corrected chi connectivity index (χ2v) is 23.4. The lowest BCUT2D eigenvalue weighted by molar-refractivity contribution is -0.137. The number of rotatable bonds is 14. The Bertz CT molecular complexity index is 5570. The van der Waals surface area contributed by atoms with E-state index in [1.807, 2.05) is 140 Å². The van der Waals surface area contributed by atoms with E-state index in [0.717, 1.165) is 12.1 Å². The molecule has 2 aliphatic heterocycles. The molecule has 484 valence electrons. The fourth-order valence-corrected chi connectivity index (χ4v) is 12.4. The monoisotopic (exact) mass is 1310 g/mol. The van der Waals surface area contributed by atoms with E-state index in [0.29, 0.717) is 146 Å². The summed E-state index contributed by atoms with van der Waals surface area (Å²) in [6.07, 6.45) is 15.3. The van der Waals surface area contributed by atoms with Crippen LogP contribution < -0.4 is 21.3 Å². The van der Waals surface area contributed by atoms with Gasteiger partial charge in [0.2, 0.25) is 0 Å². The van der Waals surface area contributed by atoms with Crippen molar-refractivity contribution < 1.29 is 32.3 Å². The number of benzene rings is 6. The SMILES string of the molecule is Cn1cncc1C(=O)Nc1ccccc1-c1c2nc(c(-c3ccccc3NC(=O)c3cncn3C)c3ccc([nH]3)c(-c3ccccc3NC(=O)c3cncn3C)c3nc(c(-c4ccccc4NC(=O)c4cccc(-n5cncc5-c5ccc(C(F)(F)F)cc5)c4)c4ccc1[nH]4)C=C3)C=C2. The van der Waals surface area contributed by atoms with Gasteiger partial charge in [-0.2, -0.15) is 13.2 Å². The average molecular weight is 1310 g/mol. The second kappa shape index (κ2) is 25.3. The number of anilines is 4. The molecule has 7 aromatic heterocycles. The number of H-pyrrole nitrogens is 2. The molecule has 0 fully saturated rings. The highest BCUT2D eigenvalue weighted by atomic mass is 19.4. The molecule has 4 amide bonds. The van der Waals surface area contributed by atoms with Gasteiger partial charge >= 0.3 is 6.18 Å². The summed E-state index contributed by atoms with van der Waals surface area (Å²) >= 11 is 0. The van der Waals surface area contributed by atoms with Crippen LogP contribution in [-0.4, -0.2) is 81.8 Å². The molecule has 13 aromatic rings. The van der Waals surface area contributed by atoms with E-state index in [-0.39, 0.29) is 5.56 Å². The first kappa shape index (κ1) is 61.6. The van der Waals surface area contributed by atoms with E-state index in [1.165, 1.54) is 37.1 Å². The molecule has 15 rings (SSSR count). The Morgan fingerprint density at radius 1 is 0.394 bits per heavy atom. The van der Waals surface area contributed by atoms with Crippen molar-refractivity contribution in [2.45, 2.75) is 6.18 Å². The van der Waals surface area contributed by atoms with Gasteiger partial charge in [-0.3, -0.25) is 23.7 Å². The number of nitrogens with one attached hydrogen (secondary N) is 6. The van der Waals surface area contributed by atoms with Crippen molar-refractivity contribution >= 4 is 92.7 Å². The van der Waals surface area contributed by atoms with Gasteiger partial charge in [-0.25, -0.2) is 29.9 Å². The number of aryl methyl sites for hydroxylation is 3. The Balaban J connectivity index is 0.961. The predicted molar refractivity (Wildman–Crippen MR) is 376 cm³/mol. The third-order valence-corrected chi connectivity index (χ3v) is 17.2. The summed E-state index contributed by atoms with van der Waals surface area (Å²) in [4.78, 5) is 93.0. The normalized spacial score (nSPS) is 11.8. The number of halogens is 3. The highest BCUT2D eigenvalue weighted by Gasteiger charge is 2.31. The quantitative estimate of drug-likeness (QED) is 0.0601. The van der Waals surface area contributed by atoms with Crippen molar-refractivity contribution in [3.8, 4) is 61.5 Å². The Hall–Kier alpha value is -13.6. The maximum Gasteiger partial charge on any atom is 0.416 e. The zero-order valence-electron chi connectivity index (χ0n) is 52.8. The van der Waals surface area contributed by atoms with Crippen LogP contribution in [0.5, 0.6) is 0 Å². The standard InChI is InChI=1S/C76H55F3N16O4/c1-92-40-80-37-65(92)73(97)89-53-20-9-5-16-49(53)69-58-29-27-56(84-58)68(48-15-4-8-19-52(48)88-72(96)45-13-12-14-47(35-45)95-43-83-36-64(95)44-23-25-46(26-24-44)76(77,78)79)57-28-30-59(85-57)70(50-17-6-10-21-54(50)90-74(98)66-38-81-41-93(66)2)61-32-34-63(87-61)71(62-33-31-60(69)86-62)51-18-7-11-22-55(51)91-75(99)67-39-82-42-94(67)3/h4-43,84,87H,1-3H3,(H,88,96)(H,89,97)(H,90,98)(H,91,99). The number of aromatic nitrogens is 12. The van der Waals surface area contributed by atoms with E-state index in [2.05, 4.69) is 51.2 Å². The van der Waals surface area contributed by atoms with E-state index in [1.54, 1.807) is 94.9 Å². The number of hydrogen-bond donors (Lipinski definition) is 6. The molecule has 99 heavy (non-hydrogen) atoms. The molecule has 0 saturated heterocycles. The number of carbonyl (C=O) groups is 4. The van der Waals surface area contributed by atoms with Crippen molar-refractivity contribution in [3.05, 3.63) is 271 Å². The van der Waals surface area contributed by atoms with E-state index >= 15 is 0 Å². The maximum absolute atomic E-state index is 14.9. The third kappa shape index (κ3) is 11.8. The van der Waals surface area contributed by atoms with Gasteiger partial charge in [0, 0.05) is 127 Å². The number of carbonyl (C=O) groups excluding carboxylic acids is 4. The minimum Gasteiger partial charge on any atom is -0.354 e. The first-order valence-corrected chi connectivity index (χ1v) is 31.1. The summed E-state index contributed by atoms with van der Waals surface area (Å²) in [6, 6.07) is 49.0. The van der Waals surface area contributed by atoms with Crippen molar-refractivity contribution in [1.82, 2.24) is 58.1 Å². The van der Waals surface area contributed by atoms with Crippen LogP contribution in [-0.2, 0) is 27.3 Å². The molecule has 6 aromatic carbocycles. The molecule has 0 aliphatic carbocycles. The van der Waals surface area contributed by atoms with Gasteiger partial charge in [0.1, 0.15) is 17.1 Å². The minimum atomic E-state index is -4.52. The molecule has 9 heterocycles. The number of para-hydroxylation sites is 4. The smallest absolute Gasteiger partial charge is 0.354 e. The molecule has 8 bridgehead atoms. The first-order chi connectivity index (χ1) is 48.1. The Morgan fingerprint density at radius 2 is 0.747 bits per heavy atom.